The normalized spacial score (nSPS) is 11.6. The fraction of sp³-hybridized carbons (Fsp3) is 0.308. The average molecular weight is 309 g/mol. The van der Waals surface area contributed by atoms with Crippen molar-refractivity contribution in [3.63, 3.8) is 0 Å². The van der Waals surface area contributed by atoms with Gasteiger partial charge in [0.2, 0.25) is 5.78 Å². The van der Waals surface area contributed by atoms with Crippen LogP contribution in [0.15, 0.2) is 28.2 Å². The molecular formula is C13H13ClN4OS. The van der Waals surface area contributed by atoms with Gasteiger partial charge in [0.05, 0.1) is 15.9 Å². The van der Waals surface area contributed by atoms with E-state index in [2.05, 4.69) is 10.2 Å². The van der Waals surface area contributed by atoms with Crippen LogP contribution in [0, 0.1) is 0 Å². The van der Waals surface area contributed by atoms with Gasteiger partial charge in [0.15, 0.2) is 5.16 Å². The lowest BCUT2D eigenvalue weighted by molar-refractivity contribution is 0.662. The van der Waals surface area contributed by atoms with Crippen molar-refractivity contribution in [2.75, 3.05) is 6.26 Å². The first kappa shape index (κ1) is 13.5. The molecule has 0 radical (unpaired) electrons. The van der Waals surface area contributed by atoms with Crippen LogP contribution in [0.25, 0.3) is 16.7 Å². The van der Waals surface area contributed by atoms with E-state index in [0.717, 1.165) is 11.6 Å². The summed E-state index contributed by atoms with van der Waals surface area (Å²) in [5.74, 6) is 0.543. The number of aryl methyl sites for hydroxylation is 1. The van der Waals surface area contributed by atoms with Crippen molar-refractivity contribution in [3.05, 3.63) is 33.6 Å². The first-order valence-corrected chi connectivity index (χ1v) is 7.89. The van der Waals surface area contributed by atoms with E-state index in [1.54, 1.807) is 22.8 Å². The molecule has 0 unspecified atom stereocenters. The molecule has 2 heterocycles. The van der Waals surface area contributed by atoms with Crippen molar-refractivity contribution in [2.24, 2.45) is 0 Å². The fourth-order valence-corrected chi connectivity index (χ4v) is 3.08. The summed E-state index contributed by atoms with van der Waals surface area (Å²) < 4.78 is 3.52. The highest BCUT2D eigenvalue weighted by molar-refractivity contribution is 7.98. The maximum absolute atomic E-state index is 12.6. The van der Waals surface area contributed by atoms with E-state index in [4.69, 9.17) is 11.6 Å². The van der Waals surface area contributed by atoms with Gasteiger partial charge in [-0.05, 0) is 24.8 Å². The number of para-hydroxylation sites is 1. The number of thioether (sulfide) groups is 1. The molecule has 7 heteroatoms. The number of halogens is 1. The molecule has 0 amide bonds. The minimum atomic E-state index is -0.0723. The molecule has 0 atom stereocenters. The Balaban J connectivity index is 2.61. The molecule has 0 fully saturated rings. The van der Waals surface area contributed by atoms with E-state index in [-0.39, 0.29) is 5.56 Å². The molecule has 104 valence electrons. The summed E-state index contributed by atoms with van der Waals surface area (Å²) in [5, 5.41) is 10.2. The van der Waals surface area contributed by atoms with Crippen molar-refractivity contribution in [1.29, 1.82) is 0 Å². The van der Waals surface area contributed by atoms with Gasteiger partial charge in [0, 0.05) is 6.54 Å². The molecule has 0 N–H and O–H groups in total. The molecule has 5 nitrogen and oxygen atoms in total. The molecule has 3 aromatic rings. The van der Waals surface area contributed by atoms with Crippen LogP contribution in [0.4, 0.5) is 0 Å². The molecule has 0 bridgehead atoms. The first-order valence-electron chi connectivity index (χ1n) is 6.29. The molecule has 0 aliphatic heterocycles. The third kappa shape index (κ3) is 1.83. The zero-order valence-corrected chi connectivity index (χ0v) is 12.7. The quantitative estimate of drug-likeness (QED) is 0.698. The van der Waals surface area contributed by atoms with E-state index in [1.165, 1.54) is 11.8 Å². The minimum absolute atomic E-state index is 0.0723. The van der Waals surface area contributed by atoms with Crippen molar-refractivity contribution >= 4 is 40.0 Å². The van der Waals surface area contributed by atoms with E-state index >= 15 is 0 Å². The van der Waals surface area contributed by atoms with E-state index in [9.17, 15) is 4.79 Å². The van der Waals surface area contributed by atoms with Gasteiger partial charge in [-0.2, -0.15) is 0 Å². The molecule has 0 aliphatic carbocycles. The highest BCUT2D eigenvalue weighted by atomic mass is 35.5. The minimum Gasteiger partial charge on any atom is -0.276 e. The van der Waals surface area contributed by atoms with Crippen LogP contribution >= 0.6 is 23.4 Å². The highest BCUT2D eigenvalue weighted by Gasteiger charge is 2.17. The fourth-order valence-electron chi connectivity index (χ4n) is 2.34. The lowest BCUT2D eigenvalue weighted by Gasteiger charge is -2.10. The van der Waals surface area contributed by atoms with Gasteiger partial charge in [-0.25, -0.2) is 0 Å². The zero-order chi connectivity index (χ0) is 14.3. The lowest BCUT2D eigenvalue weighted by Crippen LogP contribution is -2.23. The third-order valence-electron chi connectivity index (χ3n) is 3.17. The van der Waals surface area contributed by atoms with Crippen molar-refractivity contribution in [1.82, 2.24) is 19.2 Å². The first-order chi connectivity index (χ1) is 9.69. The van der Waals surface area contributed by atoms with E-state index < -0.39 is 0 Å². The van der Waals surface area contributed by atoms with Crippen LogP contribution in [-0.2, 0) is 6.54 Å². The Hall–Kier alpha value is -1.53. The number of rotatable bonds is 3. The van der Waals surface area contributed by atoms with E-state index in [1.807, 2.05) is 17.6 Å². The molecule has 0 saturated heterocycles. The van der Waals surface area contributed by atoms with Gasteiger partial charge in [-0.1, -0.05) is 36.4 Å². The van der Waals surface area contributed by atoms with Crippen molar-refractivity contribution < 1.29 is 0 Å². The molecule has 1 aromatic carbocycles. The van der Waals surface area contributed by atoms with Gasteiger partial charge in [0.1, 0.15) is 0 Å². The molecule has 20 heavy (non-hydrogen) atoms. The molecular weight excluding hydrogens is 296 g/mol. The number of aromatic nitrogens is 4. The summed E-state index contributed by atoms with van der Waals surface area (Å²) in [4.78, 5) is 12.6. The lowest BCUT2D eigenvalue weighted by atomic mass is 10.2. The topological polar surface area (TPSA) is 52.2 Å². The summed E-state index contributed by atoms with van der Waals surface area (Å²) in [6, 6.07) is 5.35. The molecule has 0 saturated carbocycles. The van der Waals surface area contributed by atoms with Crippen LogP contribution < -0.4 is 5.56 Å². The highest BCUT2D eigenvalue weighted by Crippen LogP contribution is 2.25. The number of fused-ring (bicyclic) bond motifs is 3. The Bertz CT molecular complexity index is 855. The molecule has 0 aliphatic rings. The number of hydrogen-bond donors (Lipinski definition) is 0. The zero-order valence-electron chi connectivity index (χ0n) is 11.1. The van der Waals surface area contributed by atoms with Gasteiger partial charge in [-0.15, -0.1) is 10.2 Å². The second-order valence-corrected chi connectivity index (χ2v) is 5.60. The molecule has 0 spiro atoms. The summed E-state index contributed by atoms with van der Waals surface area (Å²) in [7, 11) is 0. The molecule has 3 rings (SSSR count). The second kappa shape index (κ2) is 5.10. The van der Waals surface area contributed by atoms with Crippen molar-refractivity contribution in [2.45, 2.75) is 25.0 Å². The summed E-state index contributed by atoms with van der Waals surface area (Å²) in [5.41, 5.74) is 0.604. The summed E-state index contributed by atoms with van der Waals surface area (Å²) >= 11 is 7.77. The smallest absolute Gasteiger partial charge is 0.262 e. The standard InChI is InChI=1S/C13H13ClN4OS/c1-3-7-17-11(19)8-5-4-6-9(14)10(8)18-12(17)15-16-13(18)20-2/h4-6H,3,7H2,1-2H3. The van der Waals surface area contributed by atoms with Gasteiger partial charge in [-0.3, -0.25) is 13.8 Å². The van der Waals surface area contributed by atoms with Gasteiger partial charge >= 0.3 is 0 Å². The number of hydrogen-bond acceptors (Lipinski definition) is 4. The number of nitrogens with zero attached hydrogens (tertiary/aromatic N) is 4. The third-order valence-corrected chi connectivity index (χ3v) is 4.11. The average Bonchev–Trinajstić information content (AvgIpc) is 2.87. The van der Waals surface area contributed by atoms with E-state index in [0.29, 0.717) is 28.2 Å². The van der Waals surface area contributed by atoms with Crippen LogP contribution in [-0.4, -0.2) is 25.4 Å². The van der Waals surface area contributed by atoms with Crippen LogP contribution in [0.5, 0.6) is 0 Å². The van der Waals surface area contributed by atoms with Crippen LogP contribution in [0.1, 0.15) is 13.3 Å². The Labute approximate surface area is 124 Å². The Morgan fingerprint density at radius 2 is 2.15 bits per heavy atom. The SMILES string of the molecule is CCCn1c(=O)c2cccc(Cl)c2n2c(SC)nnc12. The molecule has 2 aromatic heterocycles. The Kier molecular flexibility index (Phi) is 3.43. The largest absolute Gasteiger partial charge is 0.276 e. The maximum Gasteiger partial charge on any atom is 0.262 e. The Morgan fingerprint density at radius 3 is 2.85 bits per heavy atom. The number of benzene rings is 1. The Morgan fingerprint density at radius 1 is 1.35 bits per heavy atom. The monoisotopic (exact) mass is 308 g/mol. The van der Waals surface area contributed by atoms with Crippen molar-refractivity contribution in [3.8, 4) is 0 Å². The van der Waals surface area contributed by atoms with Gasteiger partial charge in [0.25, 0.3) is 5.56 Å². The predicted molar refractivity (Wildman–Crippen MR) is 81.8 cm³/mol. The summed E-state index contributed by atoms with van der Waals surface area (Å²) in [6.07, 6.45) is 2.78. The van der Waals surface area contributed by atoms with Crippen LogP contribution in [0.3, 0.4) is 0 Å². The predicted octanol–water partition coefficient (Wildman–Crippen LogP) is 2.83. The van der Waals surface area contributed by atoms with Gasteiger partial charge < -0.3 is 0 Å². The second-order valence-electron chi connectivity index (χ2n) is 4.41. The van der Waals surface area contributed by atoms with Crippen LogP contribution in [0.2, 0.25) is 5.02 Å². The maximum atomic E-state index is 12.6. The summed E-state index contributed by atoms with van der Waals surface area (Å²) in [6.45, 7) is 2.63.